The van der Waals surface area contributed by atoms with Crippen LogP contribution in [0.5, 0.6) is 5.75 Å². The monoisotopic (exact) mass is 270 g/mol. The van der Waals surface area contributed by atoms with Gasteiger partial charge < -0.3 is 10.1 Å². The zero-order valence-corrected chi connectivity index (χ0v) is 11.9. The van der Waals surface area contributed by atoms with Crippen LogP contribution in [0.2, 0.25) is 0 Å². The van der Waals surface area contributed by atoms with Crippen LogP contribution < -0.4 is 10.1 Å². The maximum atomic E-state index is 12.0. The highest BCUT2D eigenvalue weighted by Gasteiger charge is 2.06. The van der Waals surface area contributed by atoms with E-state index in [0.717, 1.165) is 22.6 Å². The Balaban J connectivity index is 2.01. The van der Waals surface area contributed by atoms with Gasteiger partial charge in [-0.15, -0.1) is 0 Å². The maximum absolute atomic E-state index is 12.0. The zero-order valence-electron chi connectivity index (χ0n) is 11.9. The molecule has 0 radical (unpaired) electrons. The lowest BCUT2D eigenvalue weighted by atomic mass is 10.1. The van der Waals surface area contributed by atoms with Crippen molar-refractivity contribution in [1.29, 1.82) is 0 Å². The summed E-state index contributed by atoms with van der Waals surface area (Å²) in [4.78, 5) is 16.3. The molecule has 0 aliphatic rings. The Bertz CT molecular complexity index is 586. The first kappa shape index (κ1) is 14.1. The van der Waals surface area contributed by atoms with Crippen molar-refractivity contribution in [2.45, 2.75) is 20.3 Å². The van der Waals surface area contributed by atoms with Gasteiger partial charge in [0, 0.05) is 5.69 Å². The summed E-state index contributed by atoms with van der Waals surface area (Å²) in [6.07, 6.45) is 0.318. The molecule has 2 rings (SSSR count). The van der Waals surface area contributed by atoms with Crippen LogP contribution in [0.4, 0.5) is 5.82 Å². The number of carbonyl (C=O) groups is 1. The number of carbonyl (C=O) groups excluding carboxylic acids is 1. The van der Waals surface area contributed by atoms with Gasteiger partial charge in [0.2, 0.25) is 5.91 Å². The van der Waals surface area contributed by atoms with Gasteiger partial charge in [0.1, 0.15) is 11.6 Å². The summed E-state index contributed by atoms with van der Waals surface area (Å²) in [6, 6.07) is 11.3. The minimum atomic E-state index is -0.0762. The molecule has 4 heteroatoms. The number of methoxy groups -OCH3 is 1. The van der Waals surface area contributed by atoms with E-state index in [-0.39, 0.29) is 5.91 Å². The minimum Gasteiger partial charge on any atom is -0.497 e. The van der Waals surface area contributed by atoms with E-state index in [1.165, 1.54) is 0 Å². The number of anilines is 1. The number of amides is 1. The van der Waals surface area contributed by atoms with Gasteiger partial charge in [-0.1, -0.05) is 12.1 Å². The van der Waals surface area contributed by atoms with E-state index in [2.05, 4.69) is 10.3 Å². The number of benzene rings is 1. The van der Waals surface area contributed by atoms with E-state index in [1.54, 1.807) is 7.11 Å². The van der Waals surface area contributed by atoms with Crippen molar-refractivity contribution in [1.82, 2.24) is 4.98 Å². The lowest BCUT2D eigenvalue weighted by molar-refractivity contribution is -0.115. The molecule has 0 unspecified atom stereocenters. The predicted octanol–water partition coefficient (Wildman–Crippen LogP) is 2.89. The van der Waals surface area contributed by atoms with Crippen LogP contribution in [0.25, 0.3) is 0 Å². The molecule has 20 heavy (non-hydrogen) atoms. The Morgan fingerprint density at radius 3 is 2.50 bits per heavy atom. The molecule has 0 fully saturated rings. The quantitative estimate of drug-likeness (QED) is 0.929. The van der Waals surface area contributed by atoms with Crippen LogP contribution in [-0.4, -0.2) is 18.0 Å². The first-order chi connectivity index (χ1) is 9.56. The normalized spacial score (nSPS) is 10.2. The van der Waals surface area contributed by atoms with E-state index in [9.17, 15) is 4.79 Å². The summed E-state index contributed by atoms with van der Waals surface area (Å²) in [7, 11) is 1.62. The highest BCUT2D eigenvalue weighted by Crippen LogP contribution is 2.13. The third-order valence-corrected chi connectivity index (χ3v) is 2.89. The van der Waals surface area contributed by atoms with Gasteiger partial charge in [-0.25, -0.2) is 4.98 Å². The standard InChI is InChI=1S/C16H18N2O2/c1-11-8-12(2)17-15(9-11)18-16(19)10-13-4-6-14(20-3)7-5-13/h4-9H,10H2,1-3H3,(H,17,18,19). The maximum Gasteiger partial charge on any atom is 0.229 e. The van der Waals surface area contributed by atoms with Crippen LogP contribution in [0.15, 0.2) is 36.4 Å². The summed E-state index contributed by atoms with van der Waals surface area (Å²) in [6.45, 7) is 3.89. The molecule has 0 saturated heterocycles. The molecule has 0 aliphatic heterocycles. The van der Waals surface area contributed by atoms with E-state index >= 15 is 0 Å². The fourth-order valence-corrected chi connectivity index (χ4v) is 2.02. The summed E-state index contributed by atoms with van der Waals surface area (Å²) in [5.41, 5.74) is 2.91. The molecule has 0 bridgehead atoms. The van der Waals surface area contributed by atoms with Crippen molar-refractivity contribution < 1.29 is 9.53 Å². The second-order valence-electron chi connectivity index (χ2n) is 4.74. The van der Waals surface area contributed by atoms with Gasteiger partial charge in [0.25, 0.3) is 0 Å². The van der Waals surface area contributed by atoms with Crippen molar-refractivity contribution in [3.05, 3.63) is 53.2 Å². The average molecular weight is 270 g/mol. The molecule has 0 aliphatic carbocycles. The third-order valence-electron chi connectivity index (χ3n) is 2.89. The SMILES string of the molecule is COc1ccc(CC(=O)Nc2cc(C)cc(C)n2)cc1. The molecule has 0 atom stereocenters. The lowest BCUT2D eigenvalue weighted by Crippen LogP contribution is -2.15. The van der Waals surface area contributed by atoms with Gasteiger partial charge in [-0.2, -0.15) is 0 Å². The van der Waals surface area contributed by atoms with E-state index in [1.807, 2.05) is 50.2 Å². The smallest absolute Gasteiger partial charge is 0.229 e. The van der Waals surface area contributed by atoms with Crippen molar-refractivity contribution in [3.8, 4) is 5.75 Å². The number of nitrogens with zero attached hydrogens (tertiary/aromatic N) is 1. The second-order valence-corrected chi connectivity index (χ2v) is 4.74. The first-order valence-electron chi connectivity index (χ1n) is 6.45. The topological polar surface area (TPSA) is 51.2 Å². The van der Waals surface area contributed by atoms with Gasteiger partial charge in [-0.3, -0.25) is 4.79 Å². The van der Waals surface area contributed by atoms with Gasteiger partial charge in [0.05, 0.1) is 13.5 Å². The van der Waals surface area contributed by atoms with Crippen molar-refractivity contribution in [3.63, 3.8) is 0 Å². The van der Waals surface area contributed by atoms with E-state index in [4.69, 9.17) is 4.74 Å². The number of hydrogen-bond donors (Lipinski definition) is 1. The number of nitrogens with one attached hydrogen (secondary N) is 1. The Morgan fingerprint density at radius 1 is 1.20 bits per heavy atom. The summed E-state index contributed by atoms with van der Waals surface area (Å²) in [5, 5.41) is 2.82. The van der Waals surface area contributed by atoms with Crippen molar-refractivity contribution in [2.24, 2.45) is 0 Å². The summed E-state index contributed by atoms with van der Waals surface area (Å²) in [5.74, 6) is 1.30. The Morgan fingerprint density at radius 2 is 1.90 bits per heavy atom. The van der Waals surface area contributed by atoms with Crippen LogP contribution in [0, 0.1) is 13.8 Å². The minimum absolute atomic E-state index is 0.0762. The highest BCUT2D eigenvalue weighted by molar-refractivity contribution is 5.91. The fourth-order valence-electron chi connectivity index (χ4n) is 2.02. The summed E-state index contributed by atoms with van der Waals surface area (Å²) >= 11 is 0. The number of hydrogen-bond acceptors (Lipinski definition) is 3. The molecular formula is C16H18N2O2. The number of aromatic nitrogens is 1. The highest BCUT2D eigenvalue weighted by atomic mass is 16.5. The van der Waals surface area contributed by atoms with Crippen LogP contribution in [-0.2, 0) is 11.2 Å². The van der Waals surface area contributed by atoms with Crippen LogP contribution in [0.1, 0.15) is 16.8 Å². The molecule has 1 aromatic heterocycles. The Kier molecular flexibility index (Phi) is 4.35. The number of pyridine rings is 1. The van der Waals surface area contributed by atoms with E-state index in [0.29, 0.717) is 12.2 Å². The average Bonchev–Trinajstić information content (AvgIpc) is 2.38. The van der Waals surface area contributed by atoms with Crippen molar-refractivity contribution >= 4 is 11.7 Å². The fraction of sp³-hybridized carbons (Fsp3) is 0.250. The van der Waals surface area contributed by atoms with Gasteiger partial charge in [0.15, 0.2) is 0 Å². The number of ether oxygens (including phenoxy) is 1. The molecule has 1 N–H and O–H groups in total. The molecule has 2 aromatic rings. The van der Waals surface area contributed by atoms with Crippen LogP contribution >= 0.6 is 0 Å². The second kappa shape index (κ2) is 6.19. The molecule has 0 spiro atoms. The third kappa shape index (κ3) is 3.82. The summed E-state index contributed by atoms with van der Waals surface area (Å²) < 4.78 is 5.09. The molecule has 104 valence electrons. The van der Waals surface area contributed by atoms with Crippen LogP contribution in [0.3, 0.4) is 0 Å². The molecular weight excluding hydrogens is 252 g/mol. The molecule has 1 aromatic carbocycles. The van der Waals surface area contributed by atoms with E-state index < -0.39 is 0 Å². The number of rotatable bonds is 4. The Hall–Kier alpha value is -2.36. The van der Waals surface area contributed by atoms with Crippen molar-refractivity contribution in [2.75, 3.05) is 12.4 Å². The molecule has 1 heterocycles. The van der Waals surface area contributed by atoms with Gasteiger partial charge >= 0.3 is 0 Å². The number of aryl methyl sites for hydroxylation is 2. The molecule has 1 amide bonds. The first-order valence-corrected chi connectivity index (χ1v) is 6.45. The zero-order chi connectivity index (χ0) is 14.5. The molecule has 0 saturated carbocycles. The lowest BCUT2D eigenvalue weighted by Gasteiger charge is -2.07. The predicted molar refractivity (Wildman–Crippen MR) is 79.0 cm³/mol. The van der Waals surface area contributed by atoms with Gasteiger partial charge in [-0.05, 0) is 49.2 Å². The largest absolute Gasteiger partial charge is 0.497 e. The molecule has 4 nitrogen and oxygen atoms in total. The Labute approximate surface area is 118 Å².